The maximum atomic E-state index is 5.38. The molecule has 1 N–H and O–H groups in total. The molecule has 0 aromatic heterocycles. The Hall–Kier alpha value is -0.0800. The molecule has 90 valence electrons. The van der Waals surface area contributed by atoms with Gasteiger partial charge in [-0.25, -0.2) is 0 Å². The van der Waals surface area contributed by atoms with Crippen LogP contribution in [0, 0.1) is 5.92 Å². The Morgan fingerprint density at radius 2 is 1.93 bits per heavy atom. The number of hydrogen-bond acceptors (Lipinski definition) is 2. The van der Waals surface area contributed by atoms with Gasteiger partial charge >= 0.3 is 0 Å². The van der Waals surface area contributed by atoms with Crippen molar-refractivity contribution in [2.24, 2.45) is 5.92 Å². The van der Waals surface area contributed by atoms with Crippen molar-refractivity contribution in [3.05, 3.63) is 0 Å². The van der Waals surface area contributed by atoms with E-state index in [0.717, 1.165) is 19.1 Å². The highest BCUT2D eigenvalue weighted by Gasteiger charge is 2.20. The Kier molecular flexibility index (Phi) is 6.26. The molecular weight excluding hydrogens is 186 g/mol. The minimum Gasteiger partial charge on any atom is -0.381 e. The van der Waals surface area contributed by atoms with Crippen molar-refractivity contribution in [3.8, 4) is 0 Å². The van der Waals surface area contributed by atoms with Crippen molar-refractivity contribution in [3.63, 3.8) is 0 Å². The lowest BCUT2D eigenvalue weighted by Gasteiger charge is -2.31. The van der Waals surface area contributed by atoms with Crippen molar-refractivity contribution >= 4 is 0 Å². The van der Waals surface area contributed by atoms with Gasteiger partial charge in [-0.15, -0.1) is 0 Å². The van der Waals surface area contributed by atoms with Crippen LogP contribution in [0.3, 0.4) is 0 Å². The maximum absolute atomic E-state index is 5.38. The van der Waals surface area contributed by atoms with Crippen LogP contribution in [0.5, 0.6) is 0 Å². The van der Waals surface area contributed by atoms with E-state index in [1.165, 1.54) is 32.1 Å². The third-order valence-corrected chi connectivity index (χ3v) is 3.54. The molecule has 0 aromatic carbocycles. The molecule has 1 fully saturated rings. The molecule has 2 unspecified atom stereocenters. The first-order valence-electron chi connectivity index (χ1n) is 6.61. The molecule has 1 aliphatic rings. The molecule has 1 heterocycles. The lowest BCUT2D eigenvalue weighted by atomic mass is 9.93. The zero-order valence-corrected chi connectivity index (χ0v) is 10.6. The average molecular weight is 213 g/mol. The number of rotatable bonds is 6. The highest BCUT2D eigenvalue weighted by atomic mass is 16.5. The molecule has 2 nitrogen and oxygen atoms in total. The summed E-state index contributed by atoms with van der Waals surface area (Å²) in [5.41, 5.74) is 0. The lowest BCUT2D eigenvalue weighted by Crippen LogP contribution is -2.44. The first-order valence-corrected chi connectivity index (χ1v) is 6.61. The molecule has 2 atom stereocenters. The molecule has 15 heavy (non-hydrogen) atoms. The van der Waals surface area contributed by atoms with Gasteiger partial charge < -0.3 is 10.1 Å². The molecule has 1 saturated heterocycles. The van der Waals surface area contributed by atoms with Gasteiger partial charge in [0.1, 0.15) is 0 Å². The normalized spacial score (nSPS) is 22.6. The van der Waals surface area contributed by atoms with E-state index < -0.39 is 0 Å². The predicted octanol–water partition coefficient (Wildman–Crippen LogP) is 2.97. The minimum absolute atomic E-state index is 0.697. The van der Waals surface area contributed by atoms with Gasteiger partial charge in [0.2, 0.25) is 0 Å². The quantitative estimate of drug-likeness (QED) is 0.732. The van der Waals surface area contributed by atoms with Gasteiger partial charge in [-0.05, 0) is 31.6 Å². The van der Waals surface area contributed by atoms with Gasteiger partial charge in [0.15, 0.2) is 0 Å². The molecule has 0 radical (unpaired) electrons. The van der Waals surface area contributed by atoms with Crippen LogP contribution in [0.2, 0.25) is 0 Å². The van der Waals surface area contributed by atoms with Crippen LogP contribution in [0.25, 0.3) is 0 Å². The van der Waals surface area contributed by atoms with Crippen LogP contribution in [-0.2, 0) is 4.74 Å². The summed E-state index contributed by atoms with van der Waals surface area (Å²) in [6.07, 6.45) is 6.27. The maximum Gasteiger partial charge on any atom is 0.0480 e. The lowest BCUT2D eigenvalue weighted by molar-refractivity contribution is 0.0720. The third kappa shape index (κ3) is 4.52. The molecule has 0 aliphatic carbocycles. The van der Waals surface area contributed by atoms with Crippen molar-refractivity contribution in [2.45, 2.75) is 65.0 Å². The van der Waals surface area contributed by atoms with E-state index in [9.17, 15) is 0 Å². The van der Waals surface area contributed by atoms with E-state index in [-0.39, 0.29) is 0 Å². The van der Waals surface area contributed by atoms with Crippen LogP contribution in [0.1, 0.15) is 52.9 Å². The van der Waals surface area contributed by atoms with Crippen LogP contribution in [-0.4, -0.2) is 25.3 Å². The van der Waals surface area contributed by atoms with Crippen LogP contribution < -0.4 is 5.32 Å². The van der Waals surface area contributed by atoms with Crippen LogP contribution in [0.15, 0.2) is 0 Å². The second-order valence-corrected chi connectivity index (χ2v) is 4.83. The number of hydrogen-bond donors (Lipinski definition) is 1. The molecule has 0 bridgehead atoms. The van der Waals surface area contributed by atoms with Gasteiger partial charge in [-0.1, -0.05) is 27.2 Å². The molecular formula is C13H27NO. The molecule has 1 rings (SSSR count). The average Bonchev–Trinajstić information content (AvgIpc) is 2.27. The van der Waals surface area contributed by atoms with Gasteiger partial charge in [0.25, 0.3) is 0 Å². The summed E-state index contributed by atoms with van der Waals surface area (Å²) < 4.78 is 5.38. The number of nitrogens with one attached hydrogen (secondary N) is 1. The van der Waals surface area contributed by atoms with Crippen molar-refractivity contribution in [2.75, 3.05) is 13.2 Å². The SMILES string of the molecule is CCCC(C)C(CC)NC1CCOCC1. The first-order chi connectivity index (χ1) is 7.27. The summed E-state index contributed by atoms with van der Waals surface area (Å²) >= 11 is 0. The Morgan fingerprint density at radius 3 is 2.47 bits per heavy atom. The standard InChI is InChI=1S/C13H27NO/c1-4-6-11(3)13(5-2)14-12-7-9-15-10-8-12/h11-14H,4-10H2,1-3H3. The van der Waals surface area contributed by atoms with Gasteiger partial charge in [0, 0.05) is 25.3 Å². The predicted molar refractivity (Wildman–Crippen MR) is 65.1 cm³/mol. The summed E-state index contributed by atoms with van der Waals surface area (Å²) in [7, 11) is 0. The second kappa shape index (κ2) is 7.24. The fraction of sp³-hybridized carbons (Fsp3) is 1.00. The summed E-state index contributed by atoms with van der Waals surface area (Å²) in [4.78, 5) is 0. The van der Waals surface area contributed by atoms with Gasteiger partial charge in [0.05, 0.1) is 0 Å². The largest absolute Gasteiger partial charge is 0.381 e. The Bertz CT molecular complexity index is 155. The fourth-order valence-corrected chi connectivity index (χ4v) is 2.51. The Balaban J connectivity index is 2.30. The zero-order valence-electron chi connectivity index (χ0n) is 10.6. The molecule has 0 saturated carbocycles. The topological polar surface area (TPSA) is 21.3 Å². The van der Waals surface area contributed by atoms with Crippen molar-refractivity contribution < 1.29 is 4.74 Å². The van der Waals surface area contributed by atoms with Gasteiger partial charge in [-0.3, -0.25) is 0 Å². The van der Waals surface area contributed by atoms with Crippen LogP contribution in [0.4, 0.5) is 0 Å². The zero-order chi connectivity index (χ0) is 11.1. The summed E-state index contributed by atoms with van der Waals surface area (Å²) in [5.74, 6) is 0.808. The summed E-state index contributed by atoms with van der Waals surface area (Å²) in [5, 5.41) is 3.81. The fourth-order valence-electron chi connectivity index (χ4n) is 2.51. The Morgan fingerprint density at radius 1 is 1.27 bits per heavy atom. The van der Waals surface area contributed by atoms with Crippen LogP contribution >= 0.6 is 0 Å². The molecule has 0 amide bonds. The second-order valence-electron chi connectivity index (χ2n) is 4.83. The van der Waals surface area contributed by atoms with Crippen molar-refractivity contribution in [1.29, 1.82) is 0 Å². The van der Waals surface area contributed by atoms with Crippen molar-refractivity contribution in [1.82, 2.24) is 5.32 Å². The van der Waals surface area contributed by atoms with Gasteiger partial charge in [-0.2, -0.15) is 0 Å². The third-order valence-electron chi connectivity index (χ3n) is 3.54. The monoisotopic (exact) mass is 213 g/mol. The first kappa shape index (κ1) is 13.0. The van der Waals surface area contributed by atoms with E-state index in [0.29, 0.717) is 12.1 Å². The summed E-state index contributed by atoms with van der Waals surface area (Å²) in [6, 6.07) is 1.40. The molecule has 2 heteroatoms. The molecule has 1 aliphatic heterocycles. The van der Waals surface area contributed by atoms with E-state index in [1.807, 2.05) is 0 Å². The molecule has 0 spiro atoms. The highest BCUT2D eigenvalue weighted by Crippen LogP contribution is 2.16. The number of ether oxygens (including phenoxy) is 1. The Labute approximate surface area is 94.8 Å². The van der Waals surface area contributed by atoms with E-state index >= 15 is 0 Å². The minimum atomic E-state index is 0.697. The van der Waals surface area contributed by atoms with E-state index in [2.05, 4.69) is 26.1 Å². The molecule has 0 aromatic rings. The highest BCUT2D eigenvalue weighted by molar-refractivity contribution is 4.78. The van der Waals surface area contributed by atoms with E-state index in [1.54, 1.807) is 0 Å². The smallest absolute Gasteiger partial charge is 0.0480 e. The van der Waals surface area contributed by atoms with E-state index in [4.69, 9.17) is 4.74 Å². The summed E-state index contributed by atoms with van der Waals surface area (Å²) in [6.45, 7) is 8.83.